The van der Waals surface area contributed by atoms with E-state index in [0.717, 1.165) is 12.0 Å². The van der Waals surface area contributed by atoms with Crippen LogP contribution in [0.5, 0.6) is 0 Å². The quantitative estimate of drug-likeness (QED) is 0.751. The zero-order valence-corrected chi connectivity index (χ0v) is 18.5. The number of nitrogens with one attached hydrogen (secondary N) is 1. The first kappa shape index (κ1) is 21.8. The smallest absolute Gasteiger partial charge is 0.262 e. The van der Waals surface area contributed by atoms with Crippen LogP contribution < -0.4 is 5.32 Å². The molecule has 1 fully saturated rings. The fraction of sp³-hybridized carbons (Fsp3) is 0.500. The average molecular weight is 439 g/mol. The van der Waals surface area contributed by atoms with Gasteiger partial charge in [0.05, 0.1) is 6.04 Å². The normalized spacial score (nSPS) is 17.2. The monoisotopic (exact) mass is 438 g/mol. The minimum absolute atomic E-state index is 0.0301. The summed E-state index contributed by atoms with van der Waals surface area (Å²) in [6.07, 6.45) is 3.28. The van der Waals surface area contributed by atoms with Gasteiger partial charge in [0, 0.05) is 37.3 Å². The third-order valence-corrected chi connectivity index (χ3v) is 7.53. The highest BCUT2D eigenvalue weighted by atomic mass is 35.5. The lowest BCUT2D eigenvalue weighted by Crippen LogP contribution is -2.43. The van der Waals surface area contributed by atoms with Crippen LogP contribution in [0.25, 0.3) is 0 Å². The molecule has 1 aromatic carbocycles. The lowest BCUT2D eigenvalue weighted by atomic mass is 9.96. The number of carbonyl (C=O) groups is 1. The van der Waals surface area contributed by atoms with E-state index < -0.39 is 10.0 Å². The standard InChI is InChI=1S/C20H27ClN4O3S/c1-4-18(15-5-7-17(21)8-6-15)23-20(26)16-9-11-25(12-10-16)29(27,28)19-13-24(3)14(2)22-19/h5-8,13,16,18H,4,9-12H2,1-3H3,(H,23,26). The summed E-state index contributed by atoms with van der Waals surface area (Å²) in [5.41, 5.74) is 1.01. The van der Waals surface area contributed by atoms with Crippen molar-refractivity contribution in [1.82, 2.24) is 19.2 Å². The molecule has 1 unspecified atom stereocenters. The predicted molar refractivity (Wildman–Crippen MR) is 112 cm³/mol. The largest absolute Gasteiger partial charge is 0.349 e. The maximum absolute atomic E-state index is 12.8. The molecule has 1 aliphatic rings. The van der Waals surface area contributed by atoms with Gasteiger partial charge in [0.2, 0.25) is 5.91 Å². The number of hydrogen-bond acceptors (Lipinski definition) is 4. The Labute approximate surface area is 177 Å². The van der Waals surface area contributed by atoms with Crippen molar-refractivity contribution >= 4 is 27.5 Å². The summed E-state index contributed by atoms with van der Waals surface area (Å²) in [5.74, 6) is 0.413. The molecule has 1 aliphatic heterocycles. The molecule has 0 spiro atoms. The first-order valence-corrected chi connectivity index (χ1v) is 11.6. The Morgan fingerprint density at radius 2 is 1.90 bits per heavy atom. The lowest BCUT2D eigenvalue weighted by molar-refractivity contribution is -0.126. The molecule has 2 aromatic rings. The third-order valence-electron chi connectivity index (χ3n) is 5.51. The summed E-state index contributed by atoms with van der Waals surface area (Å²) in [6.45, 7) is 4.41. The van der Waals surface area contributed by atoms with Crippen LogP contribution in [-0.4, -0.2) is 41.3 Å². The van der Waals surface area contributed by atoms with Crippen LogP contribution in [0, 0.1) is 12.8 Å². The summed E-state index contributed by atoms with van der Waals surface area (Å²) in [6, 6.07) is 7.38. The summed E-state index contributed by atoms with van der Waals surface area (Å²) >= 11 is 5.94. The number of imidazole rings is 1. The Hall–Kier alpha value is -1.90. The van der Waals surface area contributed by atoms with Crippen molar-refractivity contribution in [2.24, 2.45) is 13.0 Å². The topological polar surface area (TPSA) is 84.3 Å². The van der Waals surface area contributed by atoms with Crippen LogP contribution in [-0.2, 0) is 21.9 Å². The number of aromatic nitrogens is 2. The molecule has 1 atom stereocenters. The van der Waals surface area contributed by atoms with E-state index in [9.17, 15) is 13.2 Å². The fourth-order valence-corrected chi connectivity index (χ4v) is 5.17. The highest BCUT2D eigenvalue weighted by Gasteiger charge is 2.34. The van der Waals surface area contributed by atoms with E-state index in [2.05, 4.69) is 10.3 Å². The zero-order chi connectivity index (χ0) is 21.2. The molecule has 1 aromatic heterocycles. The fourth-order valence-electron chi connectivity index (χ4n) is 3.55. The van der Waals surface area contributed by atoms with Crippen molar-refractivity contribution in [1.29, 1.82) is 0 Å². The molecule has 29 heavy (non-hydrogen) atoms. The number of sulfonamides is 1. The molecule has 0 aliphatic carbocycles. The summed E-state index contributed by atoms with van der Waals surface area (Å²) < 4.78 is 28.7. The van der Waals surface area contributed by atoms with Crippen LogP contribution in [0.4, 0.5) is 0 Å². The van der Waals surface area contributed by atoms with Gasteiger partial charge in [0.1, 0.15) is 5.82 Å². The second-order valence-corrected chi connectivity index (χ2v) is 9.76. The molecule has 9 heteroatoms. The van der Waals surface area contributed by atoms with Crippen LogP contribution >= 0.6 is 11.6 Å². The lowest BCUT2D eigenvalue weighted by Gasteiger charge is -2.31. The summed E-state index contributed by atoms with van der Waals surface area (Å²) in [7, 11) is -1.86. The average Bonchev–Trinajstić information content (AvgIpc) is 3.06. The molecule has 1 amide bonds. The maximum Gasteiger partial charge on any atom is 0.262 e. The molecule has 1 saturated heterocycles. The number of benzene rings is 1. The van der Waals surface area contributed by atoms with Crippen molar-refractivity contribution in [3.05, 3.63) is 46.9 Å². The minimum atomic E-state index is -3.63. The van der Waals surface area contributed by atoms with Gasteiger partial charge in [-0.05, 0) is 43.9 Å². The van der Waals surface area contributed by atoms with Crippen LogP contribution in [0.2, 0.25) is 5.02 Å². The van der Waals surface area contributed by atoms with Gasteiger partial charge in [-0.2, -0.15) is 4.31 Å². The Kier molecular flexibility index (Phi) is 6.65. The Morgan fingerprint density at radius 3 is 2.41 bits per heavy atom. The first-order valence-electron chi connectivity index (χ1n) is 9.78. The van der Waals surface area contributed by atoms with Crippen molar-refractivity contribution in [2.75, 3.05) is 13.1 Å². The van der Waals surface area contributed by atoms with E-state index in [-0.39, 0.29) is 22.9 Å². The number of aryl methyl sites for hydroxylation is 2. The first-order chi connectivity index (χ1) is 13.7. The van der Waals surface area contributed by atoms with Crippen LogP contribution in [0.3, 0.4) is 0 Å². The van der Waals surface area contributed by atoms with Crippen molar-refractivity contribution in [3.8, 4) is 0 Å². The zero-order valence-electron chi connectivity index (χ0n) is 16.9. The van der Waals surface area contributed by atoms with Gasteiger partial charge in [-0.15, -0.1) is 0 Å². The van der Waals surface area contributed by atoms with Gasteiger partial charge in [-0.1, -0.05) is 30.7 Å². The molecule has 3 rings (SSSR count). The highest BCUT2D eigenvalue weighted by Crippen LogP contribution is 2.25. The second kappa shape index (κ2) is 8.85. The highest BCUT2D eigenvalue weighted by molar-refractivity contribution is 7.89. The summed E-state index contributed by atoms with van der Waals surface area (Å²) in [4.78, 5) is 16.9. The minimum Gasteiger partial charge on any atom is -0.349 e. The number of hydrogen-bond donors (Lipinski definition) is 1. The van der Waals surface area contributed by atoms with Crippen LogP contribution in [0.1, 0.15) is 43.6 Å². The molecule has 0 saturated carbocycles. The van der Waals surface area contributed by atoms with Crippen LogP contribution in [0.15, 0.2) is 35.5 Å². The molecular formula is C20H27ClN4O3S. The molecule has 158 valence electrons. The molecule has 0 bridgehead atoms. The van der Waals surface area contributed by atoms with Crippen molar-refractivity contribution < 1.29 is 13.2 Å². The number of carbonyl (C=O) groups excluding carboxylic acids is 1. The van der Waals surface area contributed by atoms with E-state index in [4.69, 9.17) is 11.6 Å². The predicted octanol–water partition coefficient (Wildman–Crippen LogP) is 3.05. The number of amides is 1. The Morgan fingerprint density at radius 1 is 1.28 bits per heavy atom. The number of halogens is 1. The SMILES string of the molecule is CCC(NC(=O)C1CCN(S(=O)(=O)c2cn(C)c(C)n2)CC1)c1ccc(Cl)cc1. The van der Waals surface area contributed by atoms with E-state index in [0.29, 0.717) is 36.8 Å². The summed E-state index contributed by atoms with van der Waals surface area (Å²) in [5, 5.41) is 3.83. The maximum atomic E-state index is 12.8. The Bertz CT molecular complexity index is 945. The van der Waals surface area contributed by atoms with E-state index in [1.54, 1.807) is 18.5 Å². The number of nitrogens with zero attached hydrogens (tertiary/aromatic N) is 3. The van der Waals surface area contributed by atoms with Gasteiger partial charge in [0.15, 0.2) is 5.03 Å². The molecule has 0 radical (unpaired) electrons. The van der Waals surface area contributed by atoms with Crippen molar-refractivity contribution in [2.45, 2.75) is 44.2 Å². The number of rotatable bonds is 6. The molecule has 1 N–H and O–H groups in total. The number of piperidine rings is 1. The molecular weight excluding hydrogens is 412 g/mol. The van der Waals surface area contributed by atoms with E-state index >= 15 is 0 Å². The Balaban J connectivity index is 1.61. The van der Waals surface area contributed by atoms with Gasteiger partial charge >= 0.3 is 0 Å². The van der Waals surface area contributed by atoms with E-state index in [1.165, 1.54) is 10.5 Å². The third kappa shape index (κ3) is 4.82. The second-order valence-electron chi connectivity index (χ2n) is 7.44. The molecule has 7 nitrogen and oxygen atoms in total. The van der Waals surface area contributed by atoms with Gasteiger partial charge < -0.3 is 9.88 Å². The van der Waals surface area contributed by atoms with Gasteiger partial charge in [-0.3, -0.25) is 4.79 Å². The van der Waals surface area contributed by atoms with E-state index in [1.807, 2.05) is 31.2 Å². The van der Waals surface area contributed by atoms with Gasteiger partial charge in [0.25, 0.3) is 10.0 Å². The molecule has 2 heterocycles. The van der Waals surface area contributed by atoms with Crippen molar-refractivity contribution in [3.63, 3.8) is 0 Å². The van der Waals surface area contributed by atoms with Gasteiger partial charge in [-0.25, -0.2) is 13.4 Å².